The quantitative estimate of drug-likeness (QED) is 0.884. The van der Waals surface area contributed by atoms with Crippen LogP contribution in [0, 0.1) is 0 Å². The summed E-state index contributed by atoms with van der Waals surface area (Å²) in [6, 6.07) is 7.83. The van der Waals surface area contributed by atoms with Gasteiger partial charge in [0.15, 0.2) is 0 Å². The van der Waals surface area contributed by atoms with Crippen molar-refractivity contribution in [2.24, 2.45) is 0 Å². The summed E-state index contributed by atoms with van der Waals surface area (Å²) in [6.45, 7) is 4.51. The first-order valence-corrected chi connectivity index (χ1v) is 8.79. The molecule has 0 bridgehead atoms. The van der Waals surface area contributed by atoms with Crippen molar-refractivity contribution >= 4 is 22.9 Å². The first-order chi connectivity index (χ1) is 11.3. The average molecular weight is 331 g/mol. The lowest BCUT2D eigenvalue weighted by atomic mass is 10.2. The highest BCUT2D eigenvalue weighted by atomic mass is 32.1. The van der Waals surface area contributed by atoms with Gasteiger partial charge in [-0.15, -0.1) is 11.3 Å². The zero-order valence-corrected chi connectivity index (χ0v) is 13.8. The molecule has 23 heavy (non-hydrogen) atoms. The van der Waals surface area contributed by atoms with Gasteiger partial charge < -0.3 is 10.1 Å². The Morgan fingerprint density at radius 2 is 2.04 bits per heavy atom. The highest BCUT2D eigenvalue weighted by Gasteiger charge is 2.10. The van der Waals surface area contributed by atoms with Gasteiger partial charge in [0.05, 0.1) is 13.2 Å². The van der Waals surface area contributed by atoms with Crippen LogP contribution in [0.4, 0.5) is 5.69 Å². The highest BCUT2D eigenvalue weighted by molar-refractivity contribution is 7.13. The van der Waals surface area contributed by atoms with Crippen molar-refractivity contribution in [3.63, 3.8) is 0 Å². The number of ether oxygens (including phenoxy) is 1. The average Bonchev–Trinajstić information content (AvgIpc) is 3.11. The SMILES string of the molecule is O=C(CCCN1CCOCC1)Nc1ccc(-c2nccs2)cc1. The Bertz CT molecular complexity index is 607. The molecule has 6 heteroatoms. The van der Waals surface area contributed by atoms with Crippen LogP contribution < -0.4 is 5.32 Å². The van der Waals surface area contributed by atoms with Crippen LogP contribution in [-0.2, 0) is 9.53 Å². The number of rotatable bonds is 6. The number of carbonyl (C=O) groups excluding carboxylic acids is 1. The van der Waals surface area contributed by atoms with Crippen molar-refractivity contribution < 1.29 is 9.53 Å². The summed E-state index contributed by atoms with van der Waals surface area (Å²) in [5, 5.41) is 5.90. The monoisotopic (exact) mass is 331 g/mol. The van der Waals surface area contributed by atoms with E-state index in [0.29, 0.717) is 6.42 Å². The number of hydrogen-bond donors (Lipinski definition) is 1. The Balaban J connectivity index is 1.42. The van der Waals surface area contributed by atoms with Crippen LogP contribution in [0.5, 0.6) is 0 Å². The summed E-state index contributed by atoms with van der Waals surface area (Å²) in [7, 11) is 0. The second-order valence-corrected chi connectivity index (χ2v) is 6.41. The third-order valence-corrected chi connectivity index (χ3v) is 4.65. The molecule has 0 spiro atoms. The molecule has 2 aromatic rings. The smallest absolute Gasteiger partial charge is 0.224 e. The zero-order chi connectivity index (χ0) is 15.9. The maximum absolute atomic E-state index is 12.0. The van der Waals surface area contributed by atoms with E-state index >= 15 is 0 Å². The van der Waals surface area contributed by atoms with E-state index in [1.807, 2.05) is 29.6 Å². The Morgan fingerprint density at radius 3 is 2.74 bits per heavy atom. The van der Waals surface area contributed by atoms with Crippen molar-refractivity contribution in [2.45, 2.75) is 12.8 Å². The third-order valence-electron chi connectivity index (χ3n) is 3.83. The first-order valence-electron chi connectivity index (χ1n) is 7.91. The molecule has 122 valence electrons. The molecule has 0 unspecified atom stereocenters. The molecule has 0 aliphatic carbocycles. The molecule has 1 N–H and O–H groups in total. The second kappa shape index (κ2) is 8.19. The lowest BCUT2D eigenvalue weighted by Crippen LogP contribution is -2.37. The van der Waals surface area contributed by atoms with Gasteiger partial charge in [0, 0.05) is 42.3 Å². The maximum atomic E-state index is 12.0. The number of thiazole rings is 1. The Morgan fingerprint density at radius 1 is 1.26 bits per heavy atom. The molecule has 3 rings (SSSR count). The van der Waals surface area contributed by atoms with Crippen LogP contribution >= 0.6 is 11.3 Å². The molecule has 1 amide bonds. The van der Waals surface area contributed by atoms with E-state index in [-0.39, 0.29) is 5.91 Å². The molecule has 1 saturated heterocycles. The fourth-order valence-corrected chi connectivity index (χ4v) is 3.22. The molecule has 5 nitrogen and oxygen atoms in total. The lowest BCUT2D eigenvalue weighted by molar-refractivity contribution is -0.116. The molecule has 1 aliphatic rings. The van der Waals surface area contributed by atoms with Gasteiger partial charge in [-0.3, -0.25) is 9.69 Å². The number of hydrogen-bond acceptors (Lipinski definition) is 5. The van der Waals surface area contributed by atoms with Crippen LogP contribution in [0.3, 0.4) is 0 Å². The van der Waals surface area contributed by atoms with Crippen LogP contribution in [0.1, 0.15) is 12.8 Å². The van der Waals surface area contributed by atoms with E-state index in [1.54, 1.807) is 17.5 Å². The first kappa shape index (κ1) is 16.1. The fourth-order valence-electron chi connectivity index (χ4n) is 2.57. The minimum atomic E-state index is 0.0697. The number of nitrogens with one attached hydrogen (secondary N) is 1. The van der Waals surface area contributed by atoms with E-state index in [9.17, 15) is 4.79 Å². The number of nitrogens with zero attached hydrogens (tertiary/aromatic N) is 2. The van der Waals surface area contributed by atoms with Crippen LogP contribution in [0.15, 0.2) is 35.8 Å². The van der Waals surface area contributed by atoms with Gasteiger partial charge in [-0.25, -0.2) is 4.98 Å². The lowest BCUT2D eigenvalue weighted by Gasteiger charge is -2.26. The van der Waals surface area contributed by atoms with E-state index in [1.165, 1.54) is 0 Å². The summed E-state index contributed by atoms with van der Waals surface area (Å²) in [4.78, 5) is 18.6. The van der Waals surface area contributed by atoms with Crippen LogP contribution in [0.2, 0.25) is 0 Å². The van der Waals surface area contributed by atoms with Gasteiger partial charge >= 0.3 is 0 Å². The number of aromatic nitrogens is 1. The largest absolute Gasteiger partial charge is 0.379 e. The molecular weight excluding hydrogens is 310 g/mol. The van der Waals surface area contributed by atoms with Crippen molar-refractivity contribution in [3.05, 3.63) is 35.8 Å². The van der Waals surface area contributed by atoms with E-state index in [4.69, 9.17) is 4.74 Å². The van der Waals surface area contributed by atoms with Gasteiger partial charge in [-0.2, -0.15) is 0 Å². The van der Waals surface area contributed by atoms with Crippen molar-refractivity contribution in [3.8, 4) is 10.6 Å². The van der Waals surface area contributed by atoms with Crippen molar-refractivity contribution in [2.75, 3.05) is 38.2 Å². The van der Waals surface area contributed by atoms with Gasteiger partial charge in [-0.1, -0.05) is 0 Å². The summed E-state index contributed by atoms with van der Waals surface area (Å²) in [5.74, 6) is 0.0697. The van der Waals surface area contributed by atoms with Gasteiger partial charge in [0.25, 0.3) is 0 Å². The maximum Gasteiger partial charge on any atom is 0.224 e. The normalized spacial score (nSPS) is 15.5. The summed E-state index contributed by atoms with van der Waals surface area (Å²) in [6.07, 6.45) is 3.22. The highest BCUT2D eigenvalue weighted by Crippen LogP contribution is 2.23. The predicted molar refractivity (Wildman–Crippen MR) is 92.7 cm³/mol. The predicted octanol–water partition coefficient (Wildman–Crippen LogP) is 2.86. The molecule has 1 fully saturated rings. The second-order valence-electron chi connectivity index (χ2n) is 5.52. The molecule has 0 radical (unpaired) electrons. The van der Waals surface area contributed by atoms with E-state index in [0.717, 1.165) is 55.5 Å². The molecule has 1 aliphatic heterocycles. The Hall–Kier alpha value is -1.76. The molecule has 0 saturated carbocycles. The molecule has 1 aromatic carbocycles. The van der Waals surface area contributed by atoms with Gasteiger partial charge in [0.1, 0.15) is 5.01 Å². The van der Waals surface area contributed by atoms with Crippen LogP contribution in [-0.4, -0.2) is 48.6 Å². The Kier molecular flexibility index (Phi) is 5.74. The van der Waals surface area contributed by atoms with E-state index in [2.05, 4.69) is 15.2 Å². The summed E-state index contributed by atoms with van der Waals surface area (Å²) in [5.41, 5.74) is 1.91. The number of anilines is 1. The minimum absolute atomic E-state index is 0.0697. The number of benzene rings is 1. The van der Waals surface area contributed by atoms with Gasteiger partial charge in [-0.05, 0) is 37.2 Å². The topological polar surface area (TPSA) is 54.5 Å². The van der Waals surface area contributed by atoms with E-state index < -0.39 is 0 Å². The summed E-state index contributed by atoms with van der Waals surface area (Å²) < 4.78 is 5.32. The van der Waals surface area contributed by atoms with Crippen molar-refractivity contribution in [1.82, 2.24) is 9.88 Å². The number of carbonyl (C=O) groups is 1. The fraction of sp³-hybridized carbons (Fsp3) is 0.412. The molecular formula is C17H21N3O2S. The summed E-state index contributed by atoms with van der Waals surface area (Å²) >= 11 is 1.61. The standard InChI is InChI=1S/C17H21N3O2S/c21-16(2-1-8-20-9-11-22-12-10-20)19-15-5-3-14(4-6-15)17-18-7-13-23-17/h3-7,13H,1-2,8-12H2,(H,19,21). The Labute approximate surface area is 140 Å². The van der Waals surface area contributed by atoms with Crippen LogP contribution in [0.25, 0.3) is 10.6 Å². The van der Waals surface area contributed by atoms with Gasteiger partial charge in [0.2, 0.25) is 5.91 Å². The number of amides is 1. The molecule has 2 heterocycles. The van der Waals surface area contributed by atoms with Crippen molar-refractivity contribution in [1.29, 1.82) is 0 Å². The zero-order valence-electron chi connectivity index (χ0n) is 13.0. The minimum Gasteiger partial charge on any atom is -0.379 e. The molecule has 0 atom stereocenters. The molecule has 1 aromatic heterocycles. The number of morpholine rings is 1. The third kappa shape index (κ3) is 4.86.